The number of benzene rings is 3. The minimum absolute atomic E-state index is 0.201. The van der Waals surface area contributed by atoms with Crippen LogP contribution in [0.2, 0.25) is 0 Å². The molecular formula is C21H14F2N2O2S. The Kier molecular flexibility index (Phi) is 4.75. The largest absolute Gasteiger partial charge is 0.457 e. The average Bonchev–Trinajstić information content (AvgIpc) is 2.98. The Labute approximate surface area is 163 Å². The van der Waals surface area contributed by atoms with E-state index in [1.807, 2.05) is 18.2 Å². The number of amides is 1. The van der Waals surface area contributed by atoms with Crippen molar-refractivity contribution < 1.29 is 18.3 Å². The first kappa shape index (κ1) is 18.1. The van der Waals surface area contributed by atoms with Crippen LogP contribution in [0.1, 0.15) is 10.4 Å². The average molecular weight is 396 g/mol. The Hall–Kier alpha value is -3.32. The molecule has 0 aliphatic rings. The van der Waals surface area contributed by atoms with Gasteiger partial charge in [-0.3, -0.25) is 4.79 Å². The molecule has 0 bridgehead atoms. The van der Waals surface area contributed by atoms with Crippen LogP contribution in [0.25, 0.3) is 10.2 Å². The highest BCUT2D eigenvalue weighted by molar-refractivity contribution is 7.16. The van der Waals surface area contributed by atoms with Crippen molar-refractivity contribution in [3.63, 3.8) is 0 Å². The molecule has 0 saturated heterocycles. The van der Waals surface area contributed by atoms with Gasteiger partial charge in [0.15, 0.2) is 10.6 Å². The fourth-order valence-corrected chi connectivity index (χ4v) is 3.86. The number of rotatable bonds is 3. The molecule has 1 aromatic heterocycles. The third kappa shape index (κ3) is 3.44. The van der Waals surface area contributed by atoms with Gasteiger partial charge in [0.2, 0.25) is 0 Å². The van der Waals surface area contributed by atoms with E-state index >= 15 is 0 Å². The number of para-hydroxylation sites is 2. The maximum atomic E-state index is 14.1. The highest BCUT2D eigenvalue weighted by Gasteiger charge is 2.15. The van der Waals surface area contributed by atoms with E-state index in [0.717, 1.165) is 17.4 Å². The van der Waals surface area contributed by atoms with Crippen LogP contribution < -0.4 is 9.54 Å². The van der Waals surface area contributed by atoms with Gasteiger partial charge in [0.05, 0.1) is 15.8 Å². The molecule has 0 saturated carbocycles. The van der Waals surface area contributed by atoms with Gasteiger partial charge in [-0.2, -0.15) is 4.99 Å². The summed E-state index contributed by atoms with van der Waals surface area (Å²) in [7, 11) is 1.58. The van der Waals surface area contributed by atoms with Gasteiger partial charge < -0.3 is 9.30 Å². The standard InChI is InChI=1S/C21H14F2N2O2S/c1-25-19-16(23)11-13(22)12-18(19)28-21(25)24-20(26)15-9-5-6-10-17(15)27-14-7-3-2-4-8-14/h2-12H,1H3. The van der Waals surface area contributed by atoms with Crippen LogP contribution in [0.3, 0.4) is 0 Å². The van der Waals surface area contributed by atoms with E-state index in [1.54, 1.807) is 43.4 Å². The Morgan fingerprint density at radius 2 is 1.75 bits per heavy atom. The van der Waals surface area contributed by atoms with Gasteiger partial charge in [0.1, 0.15) is 17.3 Å². The van der Waals surface area contributed by atoms with Crippen molar-refractivity contribution in [1.29, 1.82) is 0 Å². The number of halogens is 2. The second kappa shape index (κ2) is 7.36. The summed E-state index contributed by atoms with van der Waals surface area (Å²) in [6.07, 6.45) is 0. The van der Waals surface area contributed by atoms with Crippen LogP contribution in [0, 0.1) is 11.6 Å². The molecule has 0 aliphatic carbocycles. The Morgan fingerprint density at radius 3 is 2.54 bits per heavy atom. The predicted molar refractivity (Wildman–Crippen MR) is 104 cm³/mol. The number of hydrogen-bond donors (Lipinski definition) is 0. The number of ether oxygens (including phenoxy) is 1. The lowest BCUT2D eigenvalue weighted by molar-refractivity contribution is 0.0995. The maximum absolute atomic E-state index is 14.1. The van der Waals surface area contributed by atoms with Crippen molar-refractivity contribution in [1.82, 2.24) is 4.57 Å². The van der Waals surface area contributed by atoms with Gasteiger partial charge in [-0.05, 0) is 30.3 Å². The molecule has 28 heavy (non-hydrogen) atoms. The van der Waals surface area contributed by atoms with E-state index in [4.69, 9.17) is 4.74 Å². The zero-order chi connectivity index (χ0) is 19.7. The molecule has 1 heterocycles. The fourth-order valence-electron chi connectivity index (χ4n) is 2.80. The van der Waals surface area contributed by atoms with E-state index in [1.165, 1.54) is 10.6 Å². The normalized spacial score (nSPS) is 11.8. The smallest absolute Gasteiger partial charge is 0.283 e. The molecule has 0 atom stereocenters. The predicted octanol–water partition coefficient (Wildman–Crippen LogP) is 5.05. The second-order valence-corrected chi connectivity index (χ2v) is 7.02. The van der Waals surface area contributed by atoms with Gasteiger partial charge in [-0.25, -0.2) is 8.78 Å². The van der Waals surface area contributed by atoms with E-state index < -0.39 is 17.5 Å². The highest BCUT2D eigenvalue weighted by atomic mass is 32.1. The third-order valence-electron chi connectivity index (χ3n) is 4.10. The van der Waals surface area contributed by atoms with E-state index in [2.05, 4.69) is 4.99 Å². The van der Waals surface area contributed by atoms with Gasteiger partial charge in [-0.15, -0.1) is 0 Å². The van der Waals surface area contributed by atoms with Gasteiger partial charge in [0, 0.05) is 13.1 Å². The quantitative estimate of drug-likeness (QED) is 0.486. The van der Waals surface area contributed by atoms with Gasteiger partial charge in [-0.1, -0.05) is 41.7 Å². The molecular weight excluding hydrogens is 382 g/mol. The molecule has 0 fully saturated rings. The summed E-state index contributed by atoms with van der Waals surface area (Å²) in [5.74, 6) is -0.951. The summed E-state index contributed by atoms with van der Waals surface area (Å²) >= 11 is 1.04. The maximum Gasteiger partial charge on any atom is 0.283 e. The van der Waals surface area contributed by atoms with Gasteiger partial charge in [0.25, 0.3) is 5.91 Å². The van der Waals surface area contributed by atoms with Crippen LogP contribution in [0.15, 0.2) is 71.7 Å². The van der Waals surface area contributed by atoms with E-state index in [9.17, 15) is 13.6 Å². The van der Waals surface area contributed by atoms with Crippen molar-refractivity contribution in [2.75, 3.05) is 0 Å². The topological polar surface area (TPSA) is 43.6 Å². The molecule has 0 N–H and O–H groups in total. The van der Waals surface area contributed by atoms with Crippen molar-refractivity contribution in [3.8, 4) is 11.5 Å². The molecule has 1 amide bonds. The first-order valence-electron chi connectivity index (χ1n) is 8.38. The zero-order valence-electron chi connectivity index (χ0n) is 14.7. The van der Waals surface area contributed by atoms with Crippen LogP contribution >= 0.6 is 11.3 Å². The molecule has 4 nitrogen and oxygen atoms in total. The minimum atomic E-state index is -0.699. The number of thiazole rings is 1. The second-order valence-electron chi connectivity index (χ2n) is 6.01. The Morgan fingerprint density at radius 1 is 1.04 bits per heavy atom. The van der Waals surface area contributed by atoms with Crippen molar-refractivity contribution >= 4 is 27.5 Å². The molecule has 0 aliphatic heterocycles. The number of carbonyl (C=O) groups is 1. The lowest BCUT2D eigenvalue weighted by atomic mass is 10.2. The summed E-state index contributed by atoms with van der Waals surface area (Å²) in [5, 5.41) is 0. The molecule has 3 aromatic carbocycles. The highest BCUT2D eigenvalue weighted by Crippen LogP contribution is 2.26. The molecule has 140 valence electrons. The number of hydrogen-bond acceptors (Lipinski definition) is 3. The number of aromatic nitrogens is 1. The SMILES string of the molecule is Cn1c(=NC(=O)c2ccccc2Oc2ccccc2)sc2cc(F)cc(F)c21. The lowest BCUT2D eigenvalue weighted by Crippen LogP contribution is -2.14. The van der Waals surface area contributed by atoms with Crippen LogP contribution in [0.5, 0.6) is 11.5 Å². The fraction of sp³-hybridized carbons (Fsp3) is 0.0476. The summed E-state index contributed by atoms with van der Waals surface area (Å²) in [5.41, 5.74) is 0.474. The monoisotopic (exact) mass is 396 g/mol. The summed E-state index contributed by atoms with van der Waals surface area (Å²) in [6.45, 7) is 0. The number of aryl methyl sites for hydroxylation is 1. The number of nitrogens with zero attached hydrogens (tertiary/aromatic N) is 2. The molecule has 7 heteroatoms. The first-order valence-corrected chi connectivity index (χ1v) is 9.20. The van der Waals surface area contributed by atoms with E-state index in [-0.39, 0.29) is 15.9 Å². The third-order valence-corrected chi connectivity index (χ3v) is 5.18. The zero-order valence-corrected chi connectivity index (χ0v) is 15.5. The molecule has 0 spiro atoms. The van der Waals surface area contributed by atoms with E-state index in [0.29, 0.717) is 16.2 Å². The van der Waals surface area contributed by atoms with Crippen molar-refractivity contribution in [2.45, 2.75) is 0 Å². The molecule has 0 unspecified atom stereocenters. The van der Waals surface area contributed by atoms with Crippen LogP contribution in [0.4, 0.5) is 8.78 Å². The Balaban J connectivity index is 1.76. The van der Waals surface area contributed by atoms with Crippen LogP contribution in [-0.2, 0) is 7.05 Å². The minimum Gasteiger partial charge on any atom is -0.457 e. The Bertz CT molecular complexity index is 1250. The number of fused-ring (bicyclic) bond motifs is 1. The first-order chi connectivity index (χ1) is 13.5. The summed E-state index contributed by atoms with van der Waals surface area (Å²) < 4.78 is 35.2. The van der Waals surface area contributed by atoms with Crippen molar-refractivity contribution in [3.05, 3.63) is 88.7 Å². The molecule has 0 radical (unpaired) electrons. The summed E-state index contributed by atoms with van der Waals surface area (Å²) in [4.78, 5) is 17.2. The van der Waals surface area contributed by atoms with Gasteiger partial charge >= 0.3 is 0 Å². The lowest BCUT2D eigenvalue weighted by Gasteiger charge is -2.08. The van der Waals surface area contributed by atoms with Crippen LogP contribution in [-0.4, -0.2) is 10.5 Å². The molecule has 4 rings (SSSR count). The number of carbonyl (C=O) groups excluding carboxylic acids is 1. The van der Waals surface area contributed by atoms with Crippen molar-refractivity contribution in [2.24, 2.45) is 12.0 Å². The molecule has 4 aromatic rings. The summed E-state index contributed by atoms with van der Waals surface area (Å²) in [6, 6.07) is 17.9.